The van der Waals surface area contributed by atoms with Crippen molar-refractivity contribution in [2.45, 2.75) is 53.1 Å². The summed E-state index contributed by atoms with van der Waals surface area (Å²) >= 11 is 0. The van der Waals surface area contributed by atoms with E-state index in [1.165, 1.54) is 7.11 Å². The minimum absolute atomic E-state index is 0.205. The number of nitrogens with one attached hydrogen (secondary N) is 1. The lowest BCUT2D eigenvalue weighted by atomic mass is 9.77. The predicted molar refractivity (Wildman–Crippen MR) is 122 cm³/mol. The van der Waals surface area contributed by atoms with Crippen LogP contribution in [0.3, 0.4) is 0 Å². The monoisotopic (exact) mass is 430 g/mol. The topological polar surface area (TPSA) is 93.9 Å². The second-order valence-corrected chi connectivity index (χ2v) is 7.78. The maximum Gasteiger partial charge on any atom is 0.273 e. The van der Waals surface area contributed by atoms with Crippen LogP contribution in [0.15, 0.2) is 33.7 Å². The van der Waals surface area contributed by atoms with Gasteiger partial charge in [-0.25, -0.2) is 0 Å². The van der Waals surface area contributed by atoms with Gasteiger partial charge in [0.2, 0.25) is 0 Å². The number of carbonyl (C=O) groups excluding carboxylic acids is 1. The molecule has 1 saturated carbocycles. The first-order valence-corrected chi connectivity index (χ1v) is 10.6. The third kappa shape index (κ3) is 6.54. The fourth-order valence-corrected chi connectivity index (χ4v) is 3.98. The highest BCUT2D eigenvalue weighted by molar-refractivity contribution is 6.45. The van der Waals surface area contributed by atoms with E-state index in [4.69, 9.17) is 14.5 Å². The van der Waals surface area contributed by atoms with Crippen LogP contribution >= 0.6 is 0 Å². The summed E-state index contributed by atoms with van der Waals surface area (Å²) < 4.78 is 0. The summed E-state index contributed by atoms with van der Waals surface area (Å²) in [6, 6.07) is 5.68. The molecule has 0 heterocycles. The summed E-state index contributed by atoms with van der Waals surface area (Å²) in [6.07, 6.45) is 4.33. The molecule has 2 rings (SSSR count). The lowest BCUT2D eigenvalue weighted by molar-refractivity contribution is -0.114. The van der Waals surface area contributed by atoms with Gasteiger partial charge >= 0.3 is 0 Å². The second-order valence-electron chi connectivity index (χ2n) is 7.78. The van der Waals surface area contributed by atoms with Crippen molar-refractivity contribution in [2.24, 2.45) is 27.3 Å². The number of benzene rings is 1. The van der Waals surface area contributed by atoms with Gasteiger partial charge in [-0.1, -0.05) is 40.1 Å². The van der Waals surface area contributed by atoms with Gasteiger partial charge in [0.25, 0.3) is 5.91 Å². The van der Waals surface area contributed by atoms with Crippen LogP contribution in [0.4, 0.5) is 0 Å². The van der Waals surface area contributed by atoms with Crippen LogP contribution in [0.2, 0.25) is 0 Å². The average Bonchev–Trinajstić information content (AvgIpc) is 2.78. The Morgan fingerprint density at radius 2 is 1.71 bits per heavy atom. The zero-order valence-corrected chi connectivity index (χ0v) is 19.4. The molecule has 1 fully saturated rings. The summed E-state index contributed by atoms with van der Waals surface area (Å²) in [6.45, 7) is 6.23. The number of aryl methyl sites for hydroxylation is 1. The van der Waals surface area contributed by atoms with Gasteiger partial charge in [0, 0.05) is 30.0 Å². The van der Waals surface area contributed by atoms with Crippen molar-refractivity contribution >= 4 is 23.0 Å². The normalized spacial score (nSPS) is 20.3. The molecule has 0 aromatic heterocycles. The molecule has 0 spiro atoms. The maximum atomic E-state index is 12.3. The molecule has 1 aliphatic rings. The lowest BCUT2D eigenvalue weighted by Crippen LogP contribution is -2.29. The van der Waals surface area contributed by atoms with Crippen LogP contribution in [0.1, 0.15) is 56.2 Å². The molecular formula is C23H34N4O4. The molecule has 8 nitrogen and oxygen atoms in total. The van der Waals surface area contributed by atoms with E-state index in [2.05, 4.69) is 20.8 Å². The fraction of sp³-hybridized carbons (Fsp3) is 0.565. The SMILES string of the molecule is CNC(=O)/C(=N/OC)c1cccc(C)c1CO/N=C(\C)C1CCCC(/C(C)=N/OC)C1. The predicted octanol–water partition coefficient (Wildman–Crippen LogP) is 3.81. The molecule has 1 aromatic rings. The molecule has 2 unspecified atom stereocenters. The minimum Gasteiger partial charge on any atom is -0.399 e. The molecule has 1 amide bonds. The Kier molecular flexibility index (Phi) is 9.49. The van der Waals surface area contributed by atoms with Crippen LogP contribution in [-0.2, 0) is 25.9 Å². The Labute approximate surface area is 184 Å². The zero-order valence-electron chi connectivity index (χ0n) is 19.4. The zero-order chi connectivity index (χ0) is 22.8. The van der Waals surface area contributed by atoms with Crippen LogP contribution < -0.4 is 5.32 Å². The number of carbonyl (C=O) groups is 1. The first-order valence-electron chi connectivity index (χ1n) is 10.6. The Morgan fingerprint density at radius 1 is 1.06 bits per heavy atom. The number of hydrogen-bond donors (Lipinski definition) is 1. The maximum absolute atomic E-state index is 12.3. The molecule has 0 aliphatic heterocycles. The van der Waals surface area contributed by atoms with Crippen LogP contribution in [-0.4, -0.2) is 44.3 Å². The number of oxime groups is 3. The molecule has 1 N–H and O–H groups in total. The highest BCUT2D eigenvalue weighted by Crippen LogP contribution is 2.31. The second kappa shape index (κ2) is 12.1. The van der Waals surface area contributed by atoms with Crippen molar-refractivity contribution in [3.8, 4) is 0 Å². The molecule has 31 heavy (non-hydrogen) atoms. The number of amides is 1. The smallest absolute Gasteiger partial charge is 0.273 e. The van der Waals surface area contributed by atoms with Crippen molar-refractivity contribution in [2.75, 3.05) is 21.3 Å². The Bertz CT molecular complexity index is 848. The number of nitrogens with zero attached hydrogens (tertiary/aromatic N) is 3. The van der Waals surface area contributed by atoms with Crippen molar-refractivity contribution in [3.63, 3.8) is 0 Å². The largest absolute Gasteiger partial charge is 0.399 e. The number of rotatable bonds is 9. The molecule has 1 aromatic carbocycles. The Morgan fingerprint density at radius 3 is 2.32 bits per heavy atom. The standard InChI is InChI=1S/C23H34N4O4/c1-15-9-7-12-20(22(27-30-6)23(28)24-4)21(15)14-31-26-17(3)19-11-8-10-18(13-19)16(2)25-29-5/h7,9,12,18-19H,8,10-11,13-14H2,1-6H3,(H,24,28)/b25-16+,26-17+,27-22+. The minimum atomic E-state index is -0.324. The van der Waals surface area contributed by atoms with Crippen molar-refractivity contribution in [1.82, 2.24) is 5.32 Å². The highest BCUT2D eigenvalue weighted by atomic mass is 16.6. The Hall–Kier alpha value is -2.90. The van der Waals surface area contributed by atoms with Gasteiger partial charge in [-0.15, -0.1) is 0 Å². The molecule has 2 atom stereocenters. The van der Waals surface area contributed by atoms with Gasteiger partial charge in [-0.05, 0) is 45.6 Å². The van der Waals surface area contributed by atoms with E-state index in [-0.39, 0.29) is 18.2 Å². The van der Waals surface area contributed by atoms with Crippen LogP contribution in [0.25, 0.3) is 0 Å². The summed E-state index contributed by atoms with van der Waals surface area (Å²) in [7, 11) is 4.56. The van der Waals surface area contributed by atoms with Crippen molar-refractivity contribution in [1.29, 1.82) is 0 Å². The van der Waals surface area contributed by atoms with E-state index in [0.29, 0.717) is 17.4 Å². The van der Waals surface area contributed by atoms with Gasteiger partial charge in [-0.2, -0.15) is 0 Å². The van der Waals surface area contributed by atoms with Crippen molar-refractivity contribution in [3.05, 3.63) is 34.9 Å². The quantitative estimate of drug-likeness (QED) is 0.476. The average molecular weight is 431 g/mol. The number of likely N-dealkylation sites (N-methyl/N-ethyl adjacent to an activating group) is 1. The molecule has 0 bridgehead atoms. The first kappa shape index (κ1) is 24.4. The summed E-state index contributed by atoms with van der Waals surface area (Å²) in [5.41, 5.74) is 4.71. The van der Waals surface area contributed by atoms with Gasteiger partial charge < -0.3 is 19.8 Å². The van der Waals surface area contributed by atoms with E-state index in [1.54, 1.807) is 14.2 Å². The first-order chi connectivity index (χ1) is 14.9. The molecular weight excluding hydrogens is 396 g/mol. The van der Waals surface area contributed by atoms with E-state index in [9.17, 15) is 4.79 Å². The van der Waals surface area contributed by atoms with E-state index in [0.717, 1.165) is 48.2 Å². The van der Waals surface area contributed by atoms with Gasteiger partial charge in [0.15, 0.2) is 5.71 Å². The van der Waals surface area contributed by atoms with Gasteiger partial charge in [0.05, 0.1) is 11.4 Å². The van der Waals surface area contributed by atoms with Crippen LogP contribution in [0, 0.1) is 18.8 Å². The van der Waals surface area contributed by atoms with Crippen LogP contribution in [0.5, 0.6) is 0 Å². The Balaban J connectivity index is 2.14. The third-order valence-corrected chi connectivity index (χ3v) is 5.80. The number of hydrogen-bond acceptors (Lipinski definition) is 7. The lowest BCUT2D eigenvalue weighted by Gasteiger charge is -2.28. The van der Waals surface area contributed by atoms with Crippen molar-refractivity contribution < 1.29 is 19.3 Å². The summed E-state index contributed by atoms with van der Waals surface area (Å²) in [5.74, 6) is 0.440. The molecule has 8 heteroatoms. The fourth-order valence-electron chi connectivity index (χ4n) is 3.98. The molecule has 170 valence electrons. The molecule has 0 saturated heterocycles. The molecule has 0 radical (unpaired) electrons. The highest BCUT2D eigenvalue weighted by Gasteiger charge is 2.26. The van der Waals surface area contributed by atoms with Gasteiger partial charge in [-0.3, -0.25) is 4.79 Å². The summed E-state index contributed by atoms with van der Waals surface area (Å²) in [4.78, 5) is 27.8. The molecule has 1 aliphatic carbocycles. The van der Waals surface area contributed by atoms with E-state index in [1.807, 2.05) is 39.0 Å². The van der Waals surface area contributed by atoms with Gasteiger partial charge in [0.1, 0.15) is 20.8 Å². The van der Waals surface area contributed by atoms with E-state index >= 15 is 0 Å². The summed E-state index contributed by atoms with van der Waals surface area (Å²) in [5, 5.41) is 15.0. The third-order valence-electron chi connectivity index (χ3n) is 5.80. The van der Waals surface area contributed by atoms with E-state index < -0.39 is 0 Å².